The molecule has 1 nitrogen and oxygen atoms in total. The zero-order valence-electron chi connectivity index (χ0n) is 7.93. The summed E-state index contributed by atoms with van der Waals surface area (Å²) in [5.41, 5.74) is 0.215. The summed E-state index contributed by atoms with van der Waals surface area (Å²) in [6.45, 7) is 7.16. The van der Waals surface area contributed by atoms with E-state index in [1.165, 1.54) is 19.3 Å². The zero-order valence-corrected chi connectivity index (χ0v) is 7.93. The van der Waals surface area contributed by atoms with Gasteiger partial charge in [0.15, 0.2) is 0 Å². The largest absolute Gasteiger partial charge is 0.396 e. The summed E-state index contributed by atoms with van der Waals surface area (Å²) in [6.07, 6.45) is 3.78. The lowest BCUT2D eigenvalue weighted by molar-refractivity contribution is 0.0323. The lowest BCUT2D eigenvalue weighted by Gasteiger charge is -2.40. The van der Waals surface area contributed by atoms with Crippen molar-refractivity contribution in [2.75, 3.05) is 6.61 Å². The van der Waals surface area contributed by atoms with Crippen molar-refractivity contribution >= 4 is 0 Å². The quantitative estimate of drug-likeness (QED) is 0.618. The summed E-state index contributed by atoms with van der Waals surface area (Å²) in [5.74, 6) is 1.56. The molecule has 1 aliphatic rings. The Kier molecular flexibility index (Phi) is 2.58. The Labute approximate surface area is 69.8 Å². The summed E-state index contributed by atoms with van der Waals surface area (Å²) < 4.78 is 0. The van der Waals surface area contributed by atoms with Crippen LogP contribution in [0.25, 0.3) is 0 Å². The van der Waals surface area contributed by atoms with Crippen molar-refractivity contribution in [2.45, 2.75) is 40.0 Å². The maximum absolute atomic E-state index is 9.21. The van der Waals surface area contributed by atoms with Gasteiger partial charge >= 0.3 is 0 Å². The van der Waals surface area contributed by atoms with Gasteiger partial charge in [-0.25, -0.2) is 0 Å². The Morgan fingerprint density at radius 2 is 2.09 bits per heavy atom. The second-order valence-electron chi connectivity index (χ2n) is 4.59. The van der Waals surface area contributed by atoms with Crippen LogP contribution >= 0.6 is 0 Å². The summed E-state index contributed by atoms with van der Waals surface area (Å²) in [7, 11) is 0. The van der Waals surface area contributed by atoms with Gasteiger partial charge in [-0.15, -0.1) is 0 Å². The fourth-order valence-corrected chi connectivity index (χ4v) is 2.06. The molecule has 0 aromatic heterocycles. The third-order valence-corrected chi connectivity index (χ3v) is 3.52. The number of aliphatic hydroxyl groups excluding tert-OH is 1. The first kappa shape index (κ1) is 9.05. The Balaban J connectivity index is 2.56. The Morgan fingerprint density at radius 3 is 2.55 bits per heavy atom. The minimum absolute atomic E-state index is 0.215. The average molecular weight is 156 g/mol. The minimum atomic E-state index is 0.215. The fraction of sp³-hybridized carbons (Fsp3) is 1.00. The molecule has 1 saturated carbocycles. The minimum Gasteiger partial charge on any atom is -0.396 e. The maximum atomic E-state index is 9.21. The van der Waals surface area contributed by atoms with Crippen molar-refractivity contribution in [1.29, 1.82) is 0 Å². The molecule has 3 atom stereocenters. The summed E-state index contributed by atoms with van der Waals surface area (Å²) in [4.78, 5) is 0. The fourth-order valence-electron chi connectivity index (χ4n) is 2.06. The summed E-state index contributed by atoms with van der Waals surface area (Å²) >= 11 is 0. The van der Waals surface area contributed by atoms with E-state index >= 15 is 0 Å². The Hall–Kier alpha value is -0.0400. The van der Waals surface area contributed by atoms with E-state index in [0.717, 1.165) is 5.92 Å². The lowest BCUT2D eigenvalue weighted by atomic mass is 9.66. The number of rotatable bonds is 1. The molecule has 1 heteroatoms. The molecular formula is C10H20O. The molecule has 1 N–H and O–H groups in total. The highest BCUT2D eigenvalue weighted by molar-refractivity contribution is 4.85. The standard InChI is InChI=1S/C10H20O/c1-8-4-5-10(3,7-11)9(2)6-8/h8-9,11H,4-7H2,1-3H3/t8-,9-,10+/m0/s1. The normalized spacial score (nSPS) is 45.8. The van der Waals surface area contributed by atoms with Gasteiger partial charge in [0.1, 0.15) is 0 Å². The number of hydrogen-bond donors (Lipinski definition) is 1. The van der Waals surface area contributed by atoms with Crippen LogP contribution in [0.5, 0.6) is 0 Å². The second kappa shape index (κ2) is 3.14. The van der Waals surface area contributed by atoms with E-state index in [1.807, 2.05) is 0 Å². The van der Waals surface area contributed by atoms with Crippen LogP contribution in [0, 0.1) is 17.3 Å². The van der Waals surface area contributed by atoms with E-state index in [2.05, 4.69) is 20.8 Å². The molecule has 0 radical (unpaired) electrons. The molecule has 11 heavy (non-hydrogen) atoms. The molecule has 1 rings (SSSR count). The van der Waals surface area contributed by atoms with Crippen LogP contribution in [-0.2, 0) is 0 Å². The van der Waals surface area contributed by atoms with Crippen LogP contribution in [0.1, 0.15) is 40.0 Å². The van der Waals surface area contributed by atoms with Gasteiger partial charge in [-0.2, -0.15) is 0 Å². The van der Waals surface area contributed by atoms with Gasteiger partial charge in [-0.05, 0) is 30.1 Å². The first-order valence-electron chi connectivity index (χ1n) is 4.69. The zero-order chi connectivity index (χ0) is 8.48. The van der Waals surface area contributed by atoms with Crippen molar-refractivity contribution in [3.8, 4) is 0 Å². The molecule has 0 bridgehead atoms. The van der Waals surface area contributed by atoms with E-state index in [0.29, 0.717) is 12.5 Å². The van der Waals surface area contributed by atoms with E-state index in [9.17, 15) is 5.11 Å². The van der Waals surface area contributed by atoms with Gasteiger partial charge < -0.3 is 5.11 Å². The topological polar surface area (TPSA) is 20.2 Å². The predicted octanol–water partition coefficient (Wildman–Crippen LogP) is 2.44. The molecule has 0 aromatic rings. The molecule has 0 heterocycles. The van der Waals surface area contributed by atoms with Crippen LogP contribution in [-0.4, -0.2) is 11.7 Å². The Bertz CT molecular complexity index is 133. The van der Waals surface area contributed by atoms with E-state index in [-0.39, 0.29) is 5.41 Å². The van der Waals surface area contributed by atoms with Crippen molar-refractivity contribution in [3.05, 3.63) is 0 Å². The molecule has 0 aromatic carbocycles. The highest BCUT2D eigenvalue weighted by Crippen LogP contribution is 2.42. The summed E-state index contributed by atoms with van der Waals surface area (Å²) in [6, 6.07) is 0. The molecule has 66 valence electrons. The van der Waals surface area contributed by atoms with Gasteiger partial charge in [0.2, 0.25) is 0 Å². The maximum Gasteiger partial charge on any atom is 0.0487 e. The van der Waals surface area contributed by atoms with E-state index in [1.54, 1.807) is 0 Å². The van der Waals surface area contributed by atoms with Crippen molar-refractivity contribution in [3.63, 3.8) is 0 Å². The lowest BCUT2D eigenvalue weighted by Crippen LogP contribution is -2.34. The predicted molar refractivity (Wildman–Crippen MR) is 47.4 cm³/mol. The Morgan fingerprint density at radius 1 is 1.45 bits per heavy atom. The van der Waals surface area contributed by atoms with Gasteiger partial charge in [-0.3, -0.25) is 0 Å². The SMILES string of the molecule is C[C@H]1CC[C@](C)(CO)[C@@H](C)C1. The van der Waals surface area contributed by atoms with Gasteiger partial charge in [-0.1, -0.05) is 27.2 Å². The first-order valence-corrected chi connectivity index (χ1v) is 4.69. The van der Waals surface area contributed by atoms with Crippen LogP contribution in [0.15, 0.2) is 0 Å². The molecule has 0 spiro atoms. The van der Waals surface area contributed by atoms with E-state index in [4.69, 9.17) is 0 Å². The van der Waals surface area contributed by atoms with Gasteiger partial charge in [0.25, 0.3) is 0 Å². The third kappa shape index (κ3) is 1.76. The van der Waals surface area contributed by atoms with Crippen molar-refractivity contribution < 1.29 is 5.11 Å². The number of aliphatic hydroxyl groups is 1. The molecule has 1 fully saturated rings. The monoisotopic (exact) mass is 156 g/mol. The van der Waals surface area contributed by atoms with E-state index < -0.39 is 0 Å². The summed E-state index contributed by atoms with van der Waals surface area (Å²) in [5, 5.41) is 9.21. The first-order chi connectivity index (χ1) is 5.08. The molecule has 0 amide bonds. The molecular weight excluding hydrogens is 136 g/mol. The highest BCUT2D eigenvalue weighted by atomic mass is 16.3. The molecule has 0 unspecified atom stereocenters. The van der Waals surface area contributed by atoms with Gasteiger partial charge in [0, 0.05) is 6.61 Å². The van der Waals surface area contributed by atoms with Crippen LogP contribution < -0.4 is 0 Å². The third-order valence-electron chi connectivity index (χ3n) is 3.52. The molecule has 0 saturated heterocycles. The van der Waals surface area contributed by atoms with Crippen LogP contribution in [0.3, 0.4) is 0 Å². The average Bonchev–Trinajstić information content (AvgIpc) is 1.98. The van der Waals surface area contributed by atoms with Gasteiger partial charge in [0.05, 0.1) is 0 Å². The second-order valence-corrected chi connectivity index (χ2v) is 4.59. The molecule has 1 aliphatic carbocycles. The highest BCUT2D eigenvalue weighted by Gasteiger charge is 2.35. The molecule has 0 aliphatic heterocycles. The van der Waals surface area contributed by atoms with Crippen molar-refractivity contribution in [2.24, 2.45) is 17.3 Å². The smallest absolute Gasteiger partial charge is 0.0487 e. The van der Waals surface area contributed by atoms with Crippen LogP contribution in [0.4, 0.5) is 0 Å². The number of hydrogen-bond acceptors (Lipinski definition) is 1. The van der Waals surface area contributed by atoms with Crippen molar-refractivity contribution in [1.82, 2.24) is 0 Å². The van der Waals surface area contributed by atoms with Crippen LogP contribution in [0.2, 0.25) is 0 Å².